The average molecular weight is 259 g/mol. The van der Waals surface area contributed by atoms with Gasteiger partial charge in [-0.1, -0.05) is 23.7 Å². The predicted molar refractivity (Wildman–Crippen MR) is 62.6 cm³/mol. The summed E-state index contributed by atoms with van der Waals surface area (Å²) in [6.45, 7) is 3.77. The fourth-order valence-electron chi connectivity index (χ4n) is 1.22. The molecule has 1 atom stereocenters. The molecule has 0 aliphatic rings. The third-order valence-electron chi connectivity index (χ3n) is 2.22. The van der Waals surface area contributed by atoms with E-state index in [4.69, 9.17) is 16.1 Å². The van der Waals surface area contributed by atoms with Gasteiger partial charge in [-0.2, -0.15) is 4.98 Å². The van der Waals surface area contributed by atoms with Crippen molar-refractivity contribution in [2.24, 2.45) is 0 Å². The van der Waals surface area contributed by atoms with E-state index < -0.39 is 6.10 Å². The van der Waals surface area contributed by atoms with Crippen LogP contribution < -0.4 is 0 Å². The maximum Gasteiger partial charge on any atom is 0.269 e. The van der Waals surface area contributed by atoms with Gasteiger partial charge in [0.1, 0.15) is 11.0 Å². The van der Waals surface area contributed by atoms with Crippen molar-refractivity contribution in [1.29, 1.82) is 0 Å². The monoisotopic (exact) mass is 258 g/mol. The Morgan fingerprint density at radius 3 is 2.94 bits per heavy atom. The molecule has 0 aliphatic heterocycles. The fourth-order valence-corrected chi connectivity index (χ4v) is 2.41. The molecule has 1 N–H and O–H groups in total. The Kier molecular flexibility index (Phi) is 3.28. The van der Waals surface area contributed by atoms with E-state index in [0.29, 0.717) is 23.2 Å². The molecule has 0 bridgehead atoms. The summed E-state index contributed by atoms with van der Waals surface area (Å²) in [4.78, 5) is 4.87. The van der Waals surface area contributed by atoms with Crippen LogP contribution in [0.2, 0.25) is 5.02 Å². The summed E-state index contributed by atoms with van der Waals surface area (Å²) in [6, 6.07) is 0. The van der Waals surface area contributed by atoms with Gasteiger partial charge in [-0.25, -0.2) is 0 Å². The Morgan fingerprint density at radius 1 is 1.62 bits per heavy atom. The molecule has 0 amide bonds. The standard InChI is InChI=1S/C10H11ClN2O2S/c1-3-6(14)9-12-10(15-13-9)8-7(11)5(2)4-16-8/h4,6,14H,3H2,1-2H3. The third kappa shape index (κ3) is 1.98. The molecule has 2 rings (SSSR count). The highest BCUT2D eigenvalue weighted by atomic mass is 35.5. The van der Waals surface area contributed by atoms with Crippen LogP contribution in [-0.4, -0.2) is 15.2 Å². The summed E-state index contributed by atoms with van der Waals surface area (Å²) in [5, 5.41) is 15.8. The fraction of sp³-hybridized carbons (Fsp3) is 0.400. The number of nitrogens with zero attached hydrogens (tertiary/aromatic N) is 2. The molecule has 0 radical (unpaired) electrons. The lowest BCUT2D eigenvalue weighted by Gasteiger charge is -1.97. The summed E-state index contributed by atoms with van der Waals surface area (Å²) in [5.74, 6) is 0.671. The van der Waals surface area contributed by atoms with Gasteiger partial charge in [-0.15, -0.1) is 11.3 Å². The first-order valence-electron chi connectivity index (χ1n) is 4.89. The molecule has 0 saturated carbocycles. The number of rotatable bonds is 3. The quantitative estimate of drug-likeness (QED) is 0.918. The summed E-state index contributed by atoms with van der Waals surface area (Å²) >= 11 is 7.54. The van der Waals surface area contributed by atoms with Crippen molar-refractivity contribution < 1.29 is 9.63 Å². The minimum absolute atomic E-state index is 0.305. The van der Waals surface area contributed by atoms with Crippen molar-refractivity contribution in [1.82, 2.24) is 10.1 Å². The number of thiophene rings is 1. The minimum Gasteiger partial charge on any atom is -0.385 e. The van der Waals surface area contributed by atoms with Crippen molar-refractivity contribution in [3.8, 4) is 10.8 Å². The van der Waals surface area contributed by atoms with Crippen LogP contribution in [-0.2, 0) is 0 Å². The van der Waals surface area contributed by atoms with Crippen molar-refractivity contribution in [3.05, 3.63) is 21.8 Å². The lowest BCUT2D eigenvalue weighted by Crippen LogP contribution is -1.97. The van der Waals surface area contributed by atoms with Gasteiger partial charge in [0.05, 0.1) is 5.02 Å². The van der Waals surface area contributed by atoms with Crippen molar-refractivity contribution >= 4 is 22.9 Å². The van der Waals surface area contributed by atoms with Crippen LogP contribution in [0.3, 0.4) is 0 Å². The molecule has 0 aromatic carbocycles. The average Bonchev–Trinajstić information content (AvgIpc) is 2.87. The number of halogens is 1. The minimum atomic E-state index is -0.683. The van der Waals surface area contributed by atoms with Gasteiger partial charge in [0.2, 0.25) is 5.82 Å². The van der Waals surface area contributed by atoms with Gasteiger partial charge in [0, 0.05) is 0 Å². The van der Waals surface area contributed by atoms with E-state index in [1.165, 1.54) is 11.3 Å². The smallest absolute Gasteiger partial charge is 0.269 e. The molecule has 0 saturated heterocycles. The molecular weight excluding hydrogens is 248 g/mol. The lowest BCUT2D eigenvalue weighted by atomic mass is 10.3. The second-order valence-corrected chi connectivity index (χ2v) is 4.70. The third-order valence-corrected chi connectivity index (χ3v) is 3.90. The van der Waals surface area contributed by atoms with Gasteiger partial charge in [0.15, 0.2) is 0 Å². The van der Waals surface area contributed by atoms with Gasteiger partial charge in [0.25, 0.3) is 5.89 Å². The van der Waals surface area contributed by atoms with E-state index in [9.17, 15) is 5.11 Å². The molecule has 86 valence electrons. The Labute approximate surface area is 102 Å². The normalized spacial score (nSPS) is 13.0. The molecule has 0 aliphatic carbocycles. The highest BCUT2D eigenvalue weighted by molar-refractivity contribution is 7.14. The second-order valence-electron chi connectivity index (χ2n) is 3.44. The van der Waals surface area contributed by atoms with E-state index in [0.717, 1.165) is 10.4 Å². The molecule has 1 unspecified atom stereocenters. The molecule has 2 aromatic heterocycles. The maximum atomic E-state index is 9.55. The Bertz CT molecular complexity index is 495. The zero-order valence-electron chi connectivity index (χ0n) is 8.90. The van der Waals surface area contributed by atoms with Crippen LogP contribution in [0.1, 0.15) is 30.8 Å². The van der Waals surface area contributed by atoms with Crippen LogP contribution in [0.5, 0.6) is 0 Å². The first-order valence-corrected chi connectivity index (χ1v) is 6.14. The Morgan fingerprint density at radius 2 is 2.38 bits per heavy atom. The molecule has 2 heterocycles. The van der Waals surface area contributed by atoms with Gasteiger partial charge >= 0.3 is 0 Å². The van der Waals surface area contributed by atoms with Crippen LogP contribution in [0, 0.1) is 6.92 Å². The van der Waals surface area contributed by atoms with E-state index in [2.05, 4.69) is 10.1 Å². The Balaban J connectivity index is 2.35. The van der Waals surface area contributed by atoms with E-state index >= 15 is 0 Å². The number of aliphatic hydroxyl groups excluding tert-OH is 1. The summed E-state index contributed by atoms with van der Waals surface area (Å²) in [7, 11) is 0. The topological polar surface area (TPSA) is 59.2 Å². The number of hydrogen-bond acceptors (Lipinski definition) is 5. The van der Waals surface area contributed by atoms with Crippen molar-refractivity contribution in [3.63, 3.8) is 0 Å². The molecule has 0 spiro atoms. The van der Waals surface area contributed by atoms with Gasteiger partial charge < -0.3 is 9.63 Å². The number of aromatic nitrogens is 2. The van der Waals surface area contributed by atoms with Crippen molar-refractivity contribution in [2.75, 3.05) is 0 Å². The lowest BCUT2D eigenvalue weighted by molar-refractivity contribution is 0.159. The van der Waals surface area contributed by atoms with Gasteiger partial charge in [-0.05, 0) is 24.3 Å². The van der Waals surface area contributed by atoms with Crippen LogP contribution in [0.4, 0.5) is 0 Å². The van der Waals surface area contributed by atoms with Crippen LogP contribution >= 0.6 is 22.9 Å². The number of aryl methyl sites for hydroxylation is 1. The summed E-state index contributed by atoms with van der Waals surface area (Å²) < 4.78 is 5.07. The number of aliphatic hydroxyl groups is 1. The molecule has 0 fully saturated rings. The molecule has 6 heteroatoms. The summed E-state index contributed by atoms with van der Waals surface area (Å²) in [5.41, 5.74) is 0.984. The Hall–Kier alpha value is -0.910. The largest absolute Gasteiger partial charge is 0.385 e. The maximum absolute atomic E-state index is 9.55. The number of hydrogen-bond donors (Lipinski definition) is 1. The first kappa shape index (κ1) is 11.6. The van der Waals surface area contributed by atoms with E-state index in [1.54, 1.807) is 0 Å². The molecule has 4 nitrogen and oxygen atoms in total. The summed E-state index contributed by atoms with van der Waals surface area (Å²) in [6.07, 6.45) is -0.131. The molecule has 16 heavy (non-hydrogen) atoms. The zero-order chi connectivity index (χ0) is 11.7. The predicted octanol–water partition coefficient (Wildman–Crippen LogP) is 3.20. The second kappa shape index (κ2) is 4.53. The highest BCUT2D eigenvalue weighted by Crippen LogP contribution is 2.35. The van der Waals surface area contributed by atoms with Crippen LogP contribution in [0.15, 0.2) is 9.90 Å². The SMILES string of the molecule is CCC(O)c1noc(-c2scc(C)c2Cl)n1. The van der Waals surface area contributed by atoms with Gasteiger partial charge in [-0.3, -0.25) is 0 Å². The molecule has 2 aromatic rings. The van der Waals surface area contributed by atoms with E-state index in [1.807, 2.05) is 19.2 Å². The first-order chi connectivity index (χ1) is 7.63. The highest BCUT2D eigenvalue weighted by Gasteiger charge is 2.18. The van der Waals surface area contributed by atoms with Crippen LogP contribution in [0.25, 0.3) is 10.8 Å². The van der Waals surface area contributed by atoms with Crippen molar-refractivity contribution in [2.45, 2.75) is 26.4 Å². The molecular formula is C10H11ClN2O2S. The van der Waals surface area contributed by atoms with E-state index in [-0.39, 0.29) is 0 Å². The zero-order valence-corrected chi connectivity index (χ0v) is 10.5.